The number of hydrogen-bond acceptors (Lipinski definition) is 2. The van der Waals surface area contributed by atoms with E-state index < -0.39 is 11.5 Å². The van der Waals surface area contributed by atoms with E-state index >= 15 is 0 Å². The number of nitrogens with zero attached hydrogens (tertiary/aromatic N) is 1. The second kappa shape index (κ2) is 3.59. The predicted octanol–water partition coefficient (Wildman–Crippen LogP) is 2.27. The number of aliphatic hydroxyl groups excluding tert-OH is 1. The quantitative estimate of drug-likeness (QED) is 0.749. The topological polar surface area (TPSA) is 44.0 Å². The van der Waals surface area contributed by atoms with Gasteiger partial charge in [-0.25, -0.2) is 0 Å². The molecule has 13 heavy (non-hydrogen) atoms. The van der Waals surface area contributed by atoms with Crippen molar-refractivity contribution in [2.24, 2.45) is 5.41 Å². The number of hydrogen-bond donors (Lipinski definition) is 1. The van der Waals surface area contributed by atoms with Crippen LogP contribution in [0.5, 0.6) is 0 Å². The maximum Gasteiger partial charge on any atom is 0.0970 e. The van der Waals surface area contributed by atoms with Crippen molar-refractivity contribution in [3.8, 4) is 6.07 Å². The Morgan fingerprint density at radius 2 is 1.85 bits per heavy atom. The van der Waals surface area contributed by atoms with Crippen molar-refractivity contribution in [3.63, 3.8) is 0 Å². The molecule has 1 N–H and O–H groups in total. The highest BCUT2D eigenvalue weighted by atomic mass is 16.3. The Hall–Kier alpha value is -1.33. The molecule has 1 aromatic rings. The van der Waals surface area contributed by atoms with E-state index in [1.807, 2.05) is 30.3 Å². The summed E-state index contributed by atoms with van der Waals surface area (Å²) in [5.74, 6) is 0. The van der Waals surface area contributed by atoms with Gasteiger partial charge in [0.05, 0.1) is 17.6 Å². The molecule has 1 atom stereocenters. The van der Waals surface area contributed by atoms with Crippen LogP contribution in [0.25, 0.3) is 0 Å². The summed E-state index contributed by atoms with van der Waals surface area (Å²) in [6, 6.07) is 11.3. The molecular formula is C11H13NO. The van der Waals surface area contributed by atoms with Crippen molar-refractivity contribution < 1.29 is 5.11 Å². The van der Waals surface area contributed by atoms with Crippen LogP contribution in [0.3, 0.4) is 0 Å². The highest BCUT2D eigenvalue weighted by Crippen LogP contribution is 2.31. The molecule has 1 rings (SSSR count). The summed E-state index contributed by atoms with van der Waals surface area (Å²) < 4.78 is 0. The van der Waals surface area contributed by atoms with E-state index in [0.717, 1.165) is 5.56 Å². The van der Waals surface area contributed by atoms with Crippen molar-refractivity contribution in [3.05, 3.63) is 35.9 Å². The number of benzene rings is 1. The van der Waals surface area contributed by atoms with Crippen LogP contribution in [0.15, 0.2) is 30.3 Å². The van der Waals surface area contributed by atoms with Gasteiger partial charge >= 0.3 is 0 Å². The minimum Gasteiger partial charge on any atom is -0.387 e. The van der Waals surface area contributed by atoms with Crippen LogP contribution >= 0.6 is 0 Å². The molecule has 2 nitrogen and oxygen atoms in total. The van der Waals surface area contributed by atoms with Crippen LogP contribution in [0, 0.1) is 16.7 Å². The highest BCUT2D eigenvalue weighted by Gasteiger charge is 2.28. The van der Waals surface area contributed by atoms with Crippen LogP contribution in [0.4, 0.5) is 0 Å². The second-order valence-electron chi connectivity index (χ2n) is 3.65. The molecule has 0 fully saturated rings. The lowest BCUT2D eigenvalue weighted by molar-refractivity contribution is 0.0868. The van der Waals surface area contributed by atoms with Gasteiger partial charge in [-0.2, -0.15) is 5.26 Å². The lowest BCUT2D eigenvalue weighted by atomic mass is 9.84. The van der Waals surface area contributed by atoms with Crippen molar-refractivity contribution in [1.29, 1.82) is 5.26 Å². The van der Waals surface area contributed by atoms with Gasteiger partial charge < -0.3 is 5.11 Å². The fourth-order valence-electron chi connectivity index (χ4n) is 1.11. The molecule has 0 spiro atoms. The molecule has 0 radical (unpaired) electrons. The first-order valence-electron chi connectivity index (χ1n) is 4.22. The third-order valence-electron chi connectivity index (χ3n) is 2.09. The smallest absolute Gasteiger partial charge is 0.0970 e. The Morgan fingerprint density at radius 3 is 2.31 bits per heavy atom. The molecule has 0 aromatic heterocycles. The van der Waals surface area contributed by atoms with Gasteiger partial charge in [0.1, 0.15) is 0 Å². The molecule has 1 aromatic carbocycles. The standard InChI is InChI=1S/C11H13NO/c1-11(2,8-12)10(13)9-6-4-3-5-7-9/h3-7,10,13H,1-2H3. The largest absolute Gasteiger partial charge is 0.387 e. The van der Waals surface area contributed by atoms with E-state index in [0.29, 0.717) is 0 Å². The molecule has 0 amide bonds. The summed E-state index contributed by atoms with van der Waals surface area (Å²) in [5, 5.41) is 18.6. The predicted molar refractivity (Wildman–Crippen MR) is 50.8 cm³/mol. The van der Waals surface area contributed by atoms with Gasteiger partial charge in [-0.15, -0.1) is 0 Å². The van der Waals surface area contributed by atoms with E-state index in [-0.39, 0.29) is 0 Å². The molecule has 0 aliphatic heterocycles. The van der Waals surface area contributed by atoms with Crippen molar-refractivity contribution >= 4 is 0 Å². The molecule has 0 bridgehead atoms. The third kappa shape index (κ3) is 2.07. The van der Waals surface area contributed by atoms with E-state index in [4.69, 9.17) is 5.26 Å². The second-order valence-corrected chi connectivity index (χ2v) is 3.65. The van der Waals surface area contributed by atoms with Crippen molar-refractivity contribution in [1.82, 2.24) is 0 Å². The molecule has 2 heteroatoms. The van der Waals surface area contributed by atoms with Crippen LogP contribution in [-0.4, -0.2) is 5.11 Å². The third-order valence-corrected chi connectivity index (χ3v) is 2.09. The molecule has 1 unspecified atom stereocenters. The SMILES string of the molecule is CC(C)(C#N)C(O)c1ccccc1. The Kier molecular flexibility index (Phi) is 2.69. The molecule has 0 aliphatic rings. The monoisotopic (exact) mass is 175 g/mol. The molecule has 0 aliphatic carbocycles. The minimum atomic E-state index is -0.735. The van der Waals surface area contributed by atoms with Gasteiger partial charge in [-0.1, -0.05) is 30.3 Å². The molecule has 0 saturated carbocycles. The molecule has 68 valence electrons. The van der Waals surface area contributed by atoms with Crippen LogP contribution in [0.2, 0.25) is 0 Å². The fraction of sp³-hybridized carbons (Fsp3) is 0.364. The first-order valence-corrected chi connectivity index (χ1v) is 4.22. The van der Waals surface area contributed by atoms with Gasteiger partial charge in [0.2, 0.25) is 0 Å². The minimum absolute atomic E-state index is 0.723. The van der Waals surface area contributed by atoms with Crippen molar-refractivity contribution in [2.75, 3.05) is 0 Å². The number of rotatable bonds is 2. The number of nitriles is 1. The number of aliphatic hydroxyl groups is 1. The lowest BCUT2D eigenvalue weighted by Crippen LogP contribution is -2.19. The summed E-state index contributed by atoms with van der Waals surface area (Å²) in [5.41, 5.74) is 0.0514. The Balaban J connectivity index is 2.94. The first kappa shape index (κ1) is 9.76. The average molecular weight is 175 g/mol. The summed E-state index contributed by atoms with van der Waals surface area (Å²) >= 11 is 0. The first-order chi connectivity index (χ1) is 6.08. The van der Waals surface area contributed by atoms with Gasteiger partial charge in [0.25, 0.3) is 0 Å². The maximum atomic E-state index is 9.83. The van der Waals surface area contributed by atoms with Crippen LogP contribution < -0.4 is 0 Å². The van der Waals surface area contributed by atoms with Crippen LogP contribution in [0.1, 0.15) is 25.5 Å². The van der Waals surface area contributed by atoms with Gasteiger partial charge in [-0.05, 0) is 19.4 Å². The fourth-order valence-corrected chi connectivity index (χ4v) is 1.11. The Bertz CT molecular complexity index is 311. The lowest BCUT2D eigenvalue weighted by Gasteiger charge is -2.22. The molecule has 0 heterocycles. The van der Waals surface area contributed by atoms with E-state index in [1.54, 1.807) is 13.8 Å². The highest BCUT2D eigenvalue weighted by molar-refractivity contribution is 5.21. The summed E-state index contributed by atoms with van der Waals surface area (Å²) in [6.45, 7) is 3.45. The van der Waals surface area contributed by atoms with Gasteiger partial charge in [0, 0.05) is 0 Å². The van der Waals surface area contributed by atoms with Crippen molar-refractivity contribution in [2.45, 2.75) is 20.0 Å². The zero-order valence-electron chi connectivity index (χ0n) is 7.86. The van der Waals surface area contributed by atoms with Crippen LogP contribution in [-0.2, 0) is 0 Å². The van der Waals surface area contributed by atoms with E-state index in [2.05, 4.69) is 6.07 Å². The Morgan fingerprint density at radius 1 is 1.31 bits per heavy atom. The molecule has 0 saturated heterocycles. The summed E-state index contributed by atoms with van der Waals surface area (Å²) in [4.78, 5) is 0. The molecular weight excluding hydrogens is 162 g/mol. The van der Waals surface area contributed by atoms with E-state index in [1.165, 1.54) is 0 Å². The van der Waals surface area contributed by atoms with Gasteiger partial charge in [0.15, 0.2) is 0 Å². The van der Waals surface area contributed by atoms with E-state index in [9.17, 15) is 5.11 Å². The maximum absolute atomic E-state index is 9.83. The Labute approximate surface area is 78.4 Å². The normalized spacial score (nSPS) is 13.4. The average Bonchev–Trinajstić information content (AvgIpc) is 2.18. The summed E-state index contributed by atoms with van der Waals surface area (Å²) in [7, 11) is 0. The zero-order chi connectivity index (χ0) is 9.90. The summed E-state index contributed by atoms with van der Waals surface area (Å²) in [6.07, 6.45) is -0.723. The van der Waals surface area contributed by atoms with Gasteiger partial charge in [-0.3, -0.25) is 0 Å². The zero-order valence-corrected chi connectivity index (χ0v) is 7.86.